The second kappa shape index (κ2) is 8.76. The number of benzene rings is 2. The van der Waals surface area contributed by atoms with Crippen LogP contribution in [0.3, 0.4) is 0 Å². The van der Waals surface area contributed by atoms with Crippen LogP contribution in [0.2, 0.25) is 0 Å². The van der Waals surface area contributed by atoms with Crippen molar-refractivity contribution >= 4 is 33.0 Å². The Balaban J connectivity index is 2.16. The van der Waals surface area contributed by atoms with Crippen LogP contribution in [-0.4, -0.2) is 35.7 Å². The van der Waals surface area contributed by atoms with Gasteiger partial charge in [0.1, 0.15) is 21.3 Å². The van der Waals surface area contributed by atoms with Crippen LogP contribution in [0.15, 0.2) is 52.7 Å². The summed E-state index contributed by atoms with van der Waals surface area (Å²) < 4.78 is 44.6. The third-order valence-corrected chi connectivity index (χ3v) is 6.94. The lowest BCUT2D eigenvalue weighted by molar-refractivity contribution is 0.0602. The molecule has 0 radical (unpaired) electrons. The van der Waals surface area contributed by atoms with Gasteiger partial charge >= 0.3 is 5.97 Å². The maximum atomic E-state index is 13.4. The van der Waals surface area contributed by atoms with Gasteiger partial charge in [-0.25, -0.2) is 13.2 Å². The van der Waals surface area contributed by atoms with Crippen molar-refractivity contribution in [1.29, 1.82) is 0 Å². The molecule has 0 aliphatic heterocycles. The quantitative estimate of drug-likeness (QED) is 0.542. The minimum Gasteiger partial charge on any atom is -0.497 e. The molecule has 158 valence electrons. The van der Waals surface area contributed by atoms with Gasteiger partial charge < -0.3 is 14.2 Å². The lowest BCUT2D eigenvalue weighted by Crippen LogP contribution is -2.17. The largest absolute Gasteiger partial charge is 0.497 e. The molecule has 30 heavy (non-hydrogen) atoms. The monoisotopic (exact) mass is 447 g/mol. The number of ether oxygens (including phenoxy) is 3. The van der Waals surface area contributed by atoms with E-state index in [1.165, 1.54) is 27.4 Å². The maximum Gasteiger partial charge on any atom is 0.349 e. The summed E-state index contributed by atoms with van der Waals surface area (Å²) in [6.45, 7) is 1.94. The first-order chi connectivity index (χ1) is 14.3. The van der Waals surface area contributed by atoms with E-state index in [1.54, 1.807) is 17.5 Å². The minimum atomic E-state index is -4.18. The standard InChI is InChI=1S/C21H21NO6S2/c1-13-5-7-14(8-6-13)16-12-29-19(21(23)28-4)20(16)30(24,25)22-17-11-15(26-2)9-10-18(17)27-3/h5-12,22H,1-4H3. The van der Waals surface area contributed by atoms with Crippen LogP contribution in [0.1, 0.15) is 15.2 Å². The molecule has 2 aromatic carbocycles. The molecule has 0 fully saturated rings. The van der Waals surface area contributed by atoms with E-state index >= 15 is 0 Å². The number of carbonyl (C=O) groups excluding carboxylic acids is 1. The van der Waals surface area contributed by atoms with Crippen LogP contribution in [-0.2, 0) is 14.8 Å². The molecule has 0 aliphatic carbocycles. The first kappa shape index (κ1) is 21.7. The maximum absolute atomic E-state index is 13.4. The van der Waals surface area contributed by atoms with E-state index in [-0.39, 0.29) is 15.5 Å². The highest BCUT2D eigenvalue weighted by Gasteiger charge is 2.30. The summed E-state index contributed by atoms with van der Waals surface area (Å²) in [5, 5.41) is 1.63. The van der Waals surface area contributed by atoms with E-state index in [9.17, 15) is 13.2 Å². The van der Waals surface area contributed by atoms with Crippen molar-refractivity contribution in [2.45, 2.75) is 11.8 Å². The highest BCUT2D eigenvalue weighted by atomic mass is 32.2. The third kappa shape index (κ3) is 4.27. The van der Waals surface area contributed by atoms with Gasteiger partial charge in [0.05, 0.1) is 27.0 Å². The fourth-order valence-electron chi connectivity index (χ4n) is 2.87. The molecule has 0 bridgehead atoms. The van der Waals surface area contributed by atoms with E-state index < -0.39 is 16.0 Å². The Morgan fingerprint density at radius 1 is 1.00 bits per heavy atom. The van der Waals surface area contributed by atoms with E-state index in [4.69, 9.17) is 14.2 Å². The highest BCUT2D eigenvalue weighted by Crippen LogP contribution is 2.38. The molecule has 0 aliphatic rings. The van der Waals surface area contributed by atoms with Crippen LogP contribution in [0.5, 0.6) is 11.5 Å². The molecule has 1 aromatic heterocycles. The number of carbonyl (C=O) groups is 1. The fourth-order valence-corrected chi connectivity index (χ4v) is 5.65. The van der Waals surface area contributed by atoms with Gasteiger partial charge in [0.15, 0.2) is 0 Å². The number of esters is 1. The van der Waals surface area contributed by atoms with Crippen molar-refractivity contribution < 1.29 is 27.4 Å². The van der Waals surface area contributed by atoms with Gasteiger partial charge in [0.2, 0.25) is 0 Å². The predicted octanol–water partition coefficient (Wildman–Crippen LogP) is 4.33. The third-order valence-electron chi connectivity index (χ3n) is 4.40. The van der Waals surface area contributed by atoms with E-state index in [2.05, 4.69) is 4.72 Å². The summed E-state index contributed by atoms with van der Waals surface area (Å²) in [5.74, 6) is 0.0354. The smallest absolute Gasteiger partial charge is 0.349 e. The van der Waals surface area contributed by atoms with E-state index in [0.29, 0.717) is 22.6 Å². The Labute approximate surface area is 179 Å². The van der Waals surface area contributed by atoms with Crippen LogP contribution in [0.4, 0.5) is 5.69 Å². The number of thiophene rings is 1. The SMILES string of the molecule is COC(=O)c1scc(-c2ccc(C)cc2)c1S(=O)(=O)Nc1cc(OC)ccc1OC. The second-order valence-corrected chi connectivity index (χ2v) is 8.84. The highest BCUT2D eigenvalue weighted by molar-refractivity contribution is 7.93. The fraction of sp³-hybridized carbons (Fsp3) is 0.190. The summed E-state index contributed by atoms with van der Waals surface area (Å²) in [7, 11) is -0.0590. The summed E-state index contributed by atoms with van der Waals surface area (Å²) in [6, 6.07) is 12.1. The Hall–Kier alpha value is -3.04. The summed E-state index contributed by atoms with van der Waals surface area (Å²) in [5.41, 5.74) is 2.30. The predicted molar refractivity (Wildman–Crippen MR) is 116 cm³/mol. The number of anilines is 1. The second-order valence-electron chi connectivity index (χ2n) is 6.34. The van der Waals surface area contributed by atoms with Gasteiger partial charge in [-0.2, -0.15) is 0 Å². The Morgan fingerprint density at radius 2 is 1.70 bits per heavy atom. The van der Waals surface area contributed by atoms with Gasteiger partial charge in [-0.05, 0) is 24.6 Å². The zero-order chi connectivity index (χ0) is 21.9. The van der Waals surface area contributed by atoms with Crippen molar-refractivity contribution in [3.05, 3.63) is 58.3 Å². The molecule has 0 saturated carbocycles. The number of methoxy groups -OCH3 is 3. The van der Waals surface area contributed by atoms with E-state index in [0.717, 1.165) is 16.9 Å². The molecule has 0 amide bonds. The summed E-state index contributed by atoms with van der Waals surface area (Å²) in [4.78, 5) is 12.2. The molecule has 7 nitrogen and oxygen atoms in total. The molecule has 1 N–H and O–H groups in total. The first-order valence-electron chi connectivity index (χ1n) is 8.82. The van der Waals surface area contributed by atoms with Crippen LogP contribution in [0, 0.1) is 6.92 Å². The Kier molecular flexibility index (Phi) is 6.33. The van der Waals surface area contributed by atoms with E-state index in [1.807, 2.05) is 31.2 Å². The number of sulfonamides is 1. The average molecular weight is 448 g/mol. The number of hydrogen-bond acceptors (Lipinski definition) is 7. The van der Waals surface area contributed by atoms with Crippen LogP contribution < -0.4 is 14.2 Å². The zero-order valence-electron chi connectivity index (χ0n) is 16.9. The number of rotatable bonds is 7. The van der Waals surface area contributed by atoms with Gasteiger partial charge in [0.25, 0.3) is 10.0 Å². The van der Waals surface area contributed by atoms with Crippen molar-refractivity contribution in [3.8, 4) is 22.6 Å². The number of hydrogen-bond donors (Lipinski definition) is 1. The molecule has 0 saturated heterocycles. The van der Waals surface area contributed by atoms with Crippen molar-refractivity contribution in [1.82, 2.24) is 0 Å². The molecule has 3 rings (SSSR count). The Bertz CT molecular complexity index is 1170. The first-order valence-corrected chi connectivity index (χ1v) is 11.2. The molecule has 0 unspecified atom stereocenters. The molecular weight excluding hydrogens is 426 g/mol. The van der Waals surface area contributed by atoms with Crippen molar-refractivity contribution in [2.75, 3.05) is 26.1 Å². The molecule has 3 aromatic rings. The number of nitrogens with one attached hydrogen (secondary N) is 1. The average Bonchev–Trinajstić information content (AvgIpc) is 3.19. The molecule has 9 heteroatoms. The minimum absolute atomic E-state index is 0.0116. The topological polar surface area (TPSA) is 90.9 Å². The summed E-state index contributed by atoms with van der Waals surface area (Å²) in [6.07, 6.45) is 0. The molecular formula is C21H21NO6S2. The lowest BCUT2D eigenvalue weighted by Gasteiger charge is -2.14. The molecule has 0 atom stereocenters. The van der Waals surface area contributed by atoms with Gasteiger partial charge in [-0.15, -0.1) is 11.3 Å². The molecule has 0 spiro atoms. The van der Waals surface area contributed by atoms with Gasteiger partial charge in [-0.3, -0.25) is 4.72 Å². The summed E-state index contributed by atoms with van der Waals surface area (Å²) >= 11 is 1.01. The van der Waals surface area contributed by atoms with Gasteiger partial charge in [-0.1, -0.05) is 29.8 Å². The number of aryl methyl sites for hydroxylation is 1. The lowest BCUT2D eigenvalue weighted by atomic mass is 10.1. The zero-order valence-corrected chi connectivity index (χ0v) is 18.5. The van der Waals surface area contributed by atoms with Crippen LogP contribution >= 0.6 is 11.3 Å². The van der Waals surface area contributed by atoms with Crippen molar-refractivity contribution in [3.63, 3.8) is 0 Å². The van der Waals surface area contributed by atoms with Crippen LogP contribution in [0.25, 0.3) is 11.1 Å². The van der Waals surface area contributed by atoms with Gasteiger partial charge in [0, 0.05) is 17.0 Å². The molecule has 1 heterocycles. The Morgan fingerprint density at radius 3 is 2.30 bits per heavy atom. The normalized spacial score (nSPS) is 11.1. The van der Waals surface area contributed by atoms with Crippen molar-refractivity contribution in [2.24, 2.45) is 0 Å².